The molecule has 0 fully saturated rings. The third-order valence-corrected chi connectivity index (χ3v) is 2.31. The van der Waals surface area contributed by atoms with Crippen molar-refractivity contribution in [2.45, 2.75) is 13.8 Å². The maximum Gasteiger partial charge on any atom is 0.0878 e. The first kappa shape index (κ1) is 8.74. The summed E-state index contributed by atoms with van der Waals surface area (Å²) < 4.78 is 1.76. The molecule has 0 unspecified atom stereocenters. The van der Waals surface area contributed by atoms with Crippen molar-refractivity contribution in [3.63, 3.8) is 0 Å². The first-order valence-corrected chi connectivity index (χ1v) is 4.42. The van der Waals surface area contributed by atoms with Gasteiger partial charge in [0.05, 0.1) is 23.3 Å². The number of aryl methyl sites for hydroxylation is 1. The van der Waals surface area contributed by atoms with E-state index in [0.29, 0.717) is 0 Å². The van der Waals surface area contributed by atoms with Crippen molar-refractivity contribution < 1.29 is 0 Å². The molecule has 0 radical (unpaired) electrons. The molecule has 2 aromatic rings. The highest BCUT2D eigenvalue weighted by atomic mass is 15.3. The summed E-state index contributed by atoms with van der Waals surface area (Å²) in [4.78, 5) is 4.21. The minimum atomic E-state index is 0.734. The maximum atomic E-state index is 5.89. The van der Waals surface area contributed by atoms with Gasteiger partial charge in [-0.25, -0.2) is 4.68 Å². The quantitative estimate of drug-likeness (QED) is 0.737. The van der Waals surface area contributed by atoms with Gasteiger partial charge in [-0.2, -0.15) is 5.10 Å². The SMILES string of the molecule is Cc1ncc(-n2cccn2)c(C)c1N. The third-order valence-electron chi connectivity index (χ3n) is 2.31. The fourth-order valence-corrected chi connectivity index (χ4v) is 1.38. The molecule has 14 heavy (non-hydrogen) atoms. The molecule has 4 nitrogen and oxygen atoms in total. The lowest BCUT2D eigenvalue weighted by atomic mass is 10.2. The molecule has 4 heteroatoms. The van der Waals surface area contributed by atoms with E-state index in [1.165, 1.54) is 0 Å². The van der Waals surface area contributed by atoms with Crippen LogP contribution in [-0.4, -0.2) is 14.8 Å². The zero-order valence-electron chi connectivity index (χ0n) is 8.23. The van der Waals surface area contributed by atoms with Crippen molar-refractivity contribution in [3.05, 3.63) is 35.9 Å². The molecule has 2 aromatic heterocycles. The average molecular weight is 188 g/mol. The van der Waals surface area contributed by atoms with Crippen LogP contribution in [0.15, 0.2) is 24.7 Å². The van der Waals surface area contributed by atoms with Gasteiger partial charge in [0.1, 0.15) is 0 Å². The minimum Gasteiger partial charge on any atom is -0.397 e. The summed E-state index contributed by atoms with van der Waals surface area (Å²) in [5, 5.41) is 4.14. The normalized spacial score (nSPS) is 10.4. The van der Waals surface area contributed by atoms with Crippen molar-refractivity contribution in [1.29, 1.82) is 0 Å². The van der Waals surface area contributed by atoms with Crippen LogP contribution in [0.4, 0.5) is 5.69 Å². The van der Waals surface area contributed by atoms with Gasteiger partial charge in [-0.1, -0.05) is 0 Å². The van der Waals surface area contributed by atoms with Gasteiger partial charge < -0.3 is 5.73 Å². The van der Waals surface area contributed by atoms with Crippen LogP contribution >= 0.6 is 0 Å². The monoisotopic (exact) mass is 188 g/mol. The molecule has 0 saturated carbocycles. The molecule has 72 valence electrons. The van der Waals surface area contributed by atoms with Gasteiger partial charge in [-0.05, 0) is 19.9 Å². The number of nitrogen functional groups attached to an aromatic ring is 1. The topological polar surface area (TPSA) is 56.7 Å². The molecular weight excluding hydrogens is 176 g/mol. The number of hydrogen-bond acceptors (Lipinski definition) is 3. The summed E-state index contributed by atoms with van der Waals surface area (Å²) in [5.41, 5.74) is 9.42. The van der Waals surface area contributed by atoms with E-state index >= 15 is 0 Å². The number of aromatic nitrogens is 3. The zero-order valence-corrected chi connectivity index (χ0v) is 8.23. The Labute approximate surface area is 82.4 Å². The fourth-order valence-electron chi connectivity index (χ4n) is 1.38. The van der Waals surface area contributed by atoms with E-state index in [-0.39, 0.29) is 0 Å². The molecule has 2 heterocycles. The van der Waals surface area contributed by atoms with Crippen LogP contribution < -0.4 is 5.73 Å². The molecule has 0 atom stereocenters. The Morgan fingerprint density at radius 1 is 1.36 bits per heavy atom. The van der Waals surface area contributed by atoms with Crippen molar-refractivity contribution in [3.8, 4) is 5.69 Å². The zero-order chi connectivity index (χ0) is 10.1. The van der Waals surface area contributed by atoms with Crippen molar-refractivity contribution in [2.24, 2.45) is 0 Å². The molecule has 0 bridgehead atoms. The molecule has 2 N–H and O–H groups in total. The van der Waals surface area contributed by atoms with Crippen LogP contribution in [0.5, 0.6) is 0 Å². The number of hydrogen-bond donors (Lipinski definition) is 1. The molecule has 0 aliphatic rings. The van der Waals surface area contributed by atoms with E-state index in [4.69, 9.17) is 5.73 Å². The van der Waals surface area contributed by atoms with Gasteiger partial charge in [-0.15, -0.1) is 0 Å². The lowest BCUT2D eigenvalue weighted by Gasteiger charge is -2.09. The molecule has 0 spiro atoms. The van der Waals surface area contributed by atoms with E-state index in [0.717, 1.165) is 22.6 Å². The van der Waals surface area contributed by atoms with Crippen molar-refractivity contribution >= 4 is 5.69 Å². The summed E-state index contributed by atoms with van der Waals surface area (Å²) >= 11 is 0. The Bertz CT molecular complexity index is 445. The summed E-state index contributed by atoms with van der Waals surface area (Å²) in [6.07, 6.45) is 5.39. The predicted molar refractivity (Wildman–Crippen MR) is 55.2 cm³/mol. The van der Waals surface area contributed by atoms with E-state index in [2.05, 4.69) is 10.1 Å². The third kappa shape index (κ3) is 1.25. The van der Waals surface area contributed by atoms with Crippen LogP contribution in [0, 0.1) is 13.8 Å². The lowest BCUT2D eigenvalue weighted by Crippen LogP contribution is -2.04. The summed E-state index contributed by atoms with van der Waals surface area (Å²) in [7, 11) is 0. The van der Waals surface area contributed by atoms with Gasteiger partial charge in [-0.3, -0.25) is 4.98 Å². The van der Waals surface area contributed by atoms with Gasteiger partial charge >= 0.3 is 0 Å². The Morgan fingerprint density at radius 2 is 2.14 bits per heavy atom. The van der Waals surface area contributed by atoms with Crippen LogP contribution in [0.3, 0.4) is 0 Å². The average Bonchev–Trinajstić information content (AvgIpc) is 2.67. The Kier molecular flexibility index (Phi) is 1.96. The Hall–Kier alpha value is -1.84. The Balaban J connectivity index is 2.61. The van der Waals surface area contributed by atoms with Gasteiger partial charge in [0, 0.05) is 18.0 Å². The first-order chi connectivity index (χ1) is 6.70. The van der Waals surface area contributed by atoms with E-state index in [9.17, 15) is 0 Å². The van der Waals surface area contributed by atoms with Gasteiger partial charge in [0.25, 0.3) is 0 Å². The summed E-state index contributed by atoms with van der Waals surface area (Å²) in [5.74, 6) is 0. The van der Waals surface area contributed by atoms with E-state index < -0.39 is 0 Å². The minimum absolute atomic E-state index is 0.734. The van der Waals surface area contributed by atoms with Crippen molar-refractivity contribution in [2.75, 3.05) is 5.73 Å². The second kappa shape index (κ2) is 3.14. The smallest absolute Gasteiger partial charge is 0.0878 e. The molecule has 0 saturated heterocycles. The number of pyridine rings is 1. The predicted octanol–water partition coefficient (Wildman–Crippen LogP) is 1.47. The molecule has 0 amide bonds. The maximum absolute atomic E-state index is 5.89. The van der Waals surface area contributed by atoms with Crippen molar-refractivity contribution in [1.82, 2.24) is 14.8 Å². The Morgan fingerprint density at radius 3 is 2.79 bits per heavy atom. The summed E-state index contributed by atoms with van der Waals surface area (Å²) in [6.45, 7) is 3.87. The molecule has 2 rings (SSSR count). The van der Waals surface area contributed by atoms with E-state index in [1.807, 2.05) is 26.1 Å². The second-order valence-electron chi connectivity index (χ2n) is 3.22. The standard InChI is InChI=1S/C10H12N4/c1-7-9(14-5-3-4-13-14)6-12-8(2)10(7)11/h3-6H,11H2,1-2H3. The molecular formula is C10H12N4. The lowest BCUT2D eigenvalue weighted by molar-refractivity contribution is 0.864. The fraction of sp³-hybridized carbons (Fsp3) is 0.200. The number of anilines is 1. The number of nitrogens with zero attached hydrogens (tertiary/aromatic N) is 3. The second-order valence-corrected chi connectivity index (χ2v) is 3.22. The number of rotatable bonds is 1. The molecule has 0 aliphatic carbocycles. The first-order valence-electron chi connectivity index (χ1n) is 4.42. The van der Waals surface area contributed by atoms with Crippen LogP contribution in [0.1, 0.15) is 11.3 Å². The molecule has 0 aliphatic heterocycles. The highest BCUT2D eigenvalue weighted by Crippen LogP contribution is 2.20. The largest absolute Gasteiger partial charge is 0.397 e. The van der Waals surface area contributed by atoms with E-state index in [1.54, 1.807) is 17.1 Å². The van der Waals surface area contributed by atoms with Gasteiger partial charge in [0.15, 0.2) is 0 Å². The highest BCUT2D eigenvalue weighted by molar-refractivity contribution is 5.57. The summed E-state index contributed by atoms with van der Waals surface area (Å²) in [6, 6.07) is 1.87. The van der Waals surface area contributed by atoms with Crippen LogP contribution in [0.2, 0.25) is 0 Å². The van der Waals surface area contributed by atoms with Crippen LogP contribution in [0.25, 0.3) is 5.69 Å². The molecule has 0 aromatic carbocycles. The highest BCUT2D eigenvalue weighted by Gasteiger charge is 2.06. The van der Waals surface area contributed by atoms with Crippen LogP contribution in [-0.2, 0) is 0 Å². The number of nitrogens with two attached hydrogens (primary N) is 1. The van der Waals surface area contributed by atoms with Gasteiger partial charge in [0.2, 0.25) is 0 Å².